The van der Waals surface area contributed by atoms with Crippen molar-refractivity contribution in [1.29, 1.82) is 0 Å². The monoisotopic (exact) mass is 605 g/mol. The van der Waals surface area contributed by atoms with Crippen LogP contribution in [0.2, 0.25) is 0 Å². The van der Waals surface area contributed by atoms with Crippen molar-refractivity contribution in [2.45, 2.75) is 20.8 Å². The highest BCUT2D eigenvalue weighted by Crippen LogP contribution is 2.35. The summed E-state index contributed by atoms with van der Waals surface area (Å²) in [5.74, 6) is 0.691. The molecular formula is C44H35N3. The fourth-order valence-corrected chi connectivity index (χ4v) is 5.99. The zero-order valence-electron chi connectivity index (χ0n) is 26.9. The molecule has 0 radical (unpaired) electrons. The predicted molar refractivity (Wildman–Crippen MR) is 197 cm³/mol. The van der Waals surface area contributed by atoms with E-state index in [4.69, 9.17) is 9.97 Å². The second-order valence-electron chi connectivity index (χ2n) is 11.8. The predicted octanol–water partition coefficient (Wildman–Crippen LogP) is 11.5. The molecule has 0 atom stereocenters. The molecule has 0 saturated carbocycles. The average Bonchev–Trinajstić information content (AvgIpc) is 3.13. The van der Waals surface area contributed by atoms with Crippen molar-refractivity contribution in [1.82, 2.24) is 15.0 Å². The Morgan fingerprint density at radius 3 is 1.66 bits per heavy atom. The van der Waals surface area contributed by atoms with Gasteiger partial charge in [0.15, 0.2) is 5.82 Å². The van der Waals surface area contributed by atoms with Gasteiger partial charge in [-0.05, 0) is 96.1 Å². The minimum absolute atomic E-state index is 0.691. The largest absolute Gasteiger partial charge is 0.261 e. The van der Waals surface area contributed by atoms with Gasteiger partial charge < -0.3 is 0 Å². The van der Waals surface area contributed by atoms with E-state index in [0.717, 1.165) is 67.2 Å². The maximum Gasteiger partial charge on any atom is 0.160 e. The maximum atomic E-state index is 5.16. The van der Waals surface area contributed by atoms with Crippen LogP contribution in [0.25, 0.3) is 73.4 Å². The van der Waals surface area contributed by atoms with Crippen molar-refractivity contribution in [3.8, 4) is 67.3 Å². The molecule has 226 valence electrons. The number of rotatable bonds is 7. The molecule has 0 aliphatic heterocycles. The fraction of sp³-hybridized carbons (Fsp3) is 0.0682. The zero-order chi connectivity index (χ0) is 32.2. The van der Waals surface area contributed by atoms with E-state index >= 15 is 0 Å². The lowest BCUT2D eigenvalue weighted by atomic mass is 9.93. The quantitative estimate of drug-likeness (QED) is 0.181. The number of hydrogen-bond acceptors (Lipinski definition) is 3. The molecular weight excluding hydrogens is 571 g/mol. The van der Waals surface area contributed by atoms with E-state index in [9.17, 15) is 0 Å². The first kappa shape index (κ1) is 29.8. The molecule has 0 unspecified atom stereocenters. The summed E-state index contributed by atoms with van der Waals surface area (Å²) in [5, 5.41) is 0. The number of hydrogen-bond donors (Lipinski definition) is 0. The van der Waals surface area contributed by atoms with Gasteiger partial charge in [-0.1, -0.05) is 115 Å². The molecule has 0 bridgehead atoms. The summed E-state index contributed by atoms with van der Waals surface area (Å²) in [4.78, 5) is 14.8. The van der Waals surface area contributed by atoms with Crippen molar-refractivity contribution in [3.63, 3.8) is 0 Å². The Labute approximate surface area is 277 Å². The topological polar surface area (TPSA) is 38.7 Å². The van der Waals surface area contributed by atoms with E-state index in [1.165, 1.54) is 11.1 Å². The summed E-state index contributed by atoms with van der Waals surface area (Å²) in [5.41, 5.74) is 15.1. The molecule has 0 spiro atoms. The molecule has 5 aromatic carbocycles. The Morgan fingerprint density at radius 1 is 0.468 bits per heavy atom. The molecule has 47 heavy (non-hydrogen) atoms. The van der Waals surface area contributed by atoms with Crippen LogP contribution in [0.4, 0.5) is 0 Å². The van der Waals surface area contributed by atoms with E-state index in [-0.39, 0.29) is 0 Å². The van der Waals surface area contributed by atoms with Crippen LogP contribution in [0.1, 0.15) is 23.7 Å². The van der Waals surface area contributed by atoms with Gasteiger partial charge in [-0.25, -0.2) is 9.97 Å². The first-order valence-corrected chi connectivity index (χ1v) is 16.0. The third-order valence-corrected chi connectivity index (χ3v) is 8.55. The molecule has 7 rings (SSSR count). The van der Waals surface area contributed by atoms with E-state index in [1.807, 2.05) is 24.4 Å². The molecule has 0 saturated heterocycles. The molecule has 0 fully saturated rings. The van der Waals surface area contributed by atoms with Crippen LogP contribution in [0.15, 0.2) is 152 Å². The lowest BCUT2D eigenvalue weighted by Gasteiger charge is -2.14. The maximum absolute atomic E-state index is 5.16. The summed E-state index contributed by atoms with van der Waals surface area (Å²) in [6.07, 6.45) is 6.10. The molecule has 0 amide bonds. The number of benzene rings is 5. The Kier molecular flexibility index (Phi) is 8.36. The first-order chi connectivity index (χ1) is 23.1. The lowest BCUT2D eigenvalue weighted by Crippen LogP contribution is -1.97. The van der Waals surface area contributed by atoms with Gasteiger partial charge in [0.25, 0.3) is 0 Å². The molecule has 3 nitrogen and oxygen atoms in total. The van der Waals surface area contributed by atoms with Crippen LogP contribution in [-0.2, 0) is 0 Å². The summed E-state index contributed by atoms with van der Waals surface area (Å²) in [6.45, 7) is 6.26. The van der Waals surface area contributed by atoms with Gasteiger partial charge in [0.05, 0.1) is 11.4 Å². The minimum atomic E-state index is 0.691. The second kappa shape index (κ2) is 13.2. The molecule has 0 aliphatic carbocycles. The number of aromatic nitrogens is 3. The van der Waals surface area contributed by atoms with Gasteiger partial charge in [-0.15, -0.1) is 0 Å². The van der Waals surface area contributed by atoms with Gasteiger partial charge in [0, 0.05) is 34.1 Å². The smallest absolute Gasteiger partial charge is 0.160 e. The highest BCUT2D eigenvalue weighted by atomic mass is 14.9. The molecule has 2 heterocycles. The van der Waals surface area contributed by atoms with Crippen LogP contribution in [0, 0.1) is 13.8 Å². The Hall–Kier alpha value is -5.93. The van der Waals surface area contributed by atoms with Crippen LogP contribution in [0.5, 0.6) is 0 Å². The Morgan fingerprint density at radius 2 is 1.04 bits per heavy atom. The van der Waals surface area contributed by atoms with E-state index in [1.54, 1.807) is 0 Å². The normalized spacial score (nSPS) is 11.2. The van der Waals surface area contributed by atoms with Crippen LogP contribution >= 0.6 is 0 Å². The molecule has 3 heteroatoms. The van der Waals surface area contributed by atoms with Crippen molar-refractivity contribution in [3.05, 3.63) is 169 Å². The minimum Gasteiger partial charge on any atom is -0.261 e. The Balaban J connectivity index is 1.42. The van der Waals surface area contributed by atoms with Crippen molar-refractivity contribution >= 4 is 6.08 Å². The molecule has 0 N–H and O–H groups in total. The van der Waals surface area contributed by atoms with Gasteiger partial charge in [0.2, 0.25) is 0 Å². The van der Waals surface area contributed by atoms with E-state index in [2.05, 4.69) is 159 Å². The summed E-state index contributed by atoms with van der Waals surface area (Å²) in [7, 11) is 0. The summed E-state index contributed by atoms with van der Waals surface area (Å²) < 4.78 is 0. The van der Waals surface area contributed by atoms with Crippen LogP contribution in [-0.4, -0.2) is 15.0 Å². The second-order valence-corrected chi connectivity index (χ2v) is 11.8. The number of nitrogens with zero attached hydrogens (tertiary/aromatic N) is 3. The van der Waals surface area contributed by atoms with E-state index in [0.29, 0.717) is 5.82 Å². The van der Waals surface area contributed by atoms with Crippen molar-refractivity contribution in [2.75, 3.05) is 0 Å². The van der Waals surface area contributed by atoms with Gasteiger partial charge in [0.1, 0.15) is 0 Å². The summed E-state index contributed by atoms with van der Waals surface area (Å²) >= 11 is 0. The van der Waals surface area contributed by atoms with Gasteiger partial charge >= 0.3 is 0 Å². The zero-order valence-corrected chi connectivity index (χ0v) is 26.9. The third-order valence-electron chi connectivity index (χ3n) is 8.55. The van der Waals surface area contributed by atoms with Gasteiger partial charge in [-0.2, -0.15) is 0 Å². The fourth-order valence-electron chi connectivity index (χ4n) is 5.99. The number of allylic oxidation sites excluding steroid dienone is 1. The van der Waals surface area contributed by atoms with Gasteiger partial charge in [-0.3, -0.25) is 4.98 Å². The summed E-state index contributed by atoms with van der Waals surface area (Å²) in [6, 6.07) is 49.0. The molecule has 2 aromatic heterocycles. The standard InChI is InChI=1S/C44H35N3/c1-4-12-36-25-37(19-18-30(36)2)39-26-38(32-20-22-33(23-21-32)41-17-11-24-45-31(41)3)27-40(28-39)44-46-42(34-13-7-5-8-14-34)29-43(47-44)35-15-9-6-10-16-35/h4-29H,1-3H3/b12-4-. The number of pyridine rings is 1. The van der Waals surface area contributed by atoms with E-state index < -0.39 is 0 Å². The van der Waals surface area contributed by atoms with Crippen molar-refractivity contribution < 1.29 is 0 Å². The van der Waals surface area contributed by atoms with Crippen LogP contribution < -0.4 is 0 Å². The Bertz CT molecular complexity index is 2140. The average molecular weight is 606 g/mol. The first-order valence-electron chi connectivity index (χ1n) is 16.0. The van der Waals surface area contributed by atoms with Crippen LogP contribution in [0.3, 0.4) is 0 Å². The lowest BCUT2D eigenvalue weighted by molar-refractivity contribution is 1.18. The SMILES string of the molecule is C/C=C\c1cc(-c2cc(-c3ccc(-c4cccnc4C)cc3)cc(-c3nc(-c4ccccc4)cc(-c4ccccc4)n3)c2)ccc1C. The molecule has 0 aliphatic rings. The highest BCUT2D eigenvalue weighted by molar-refractivity contribution is 5.82. The third kappa shape index (κ3) is 6.43. The highest BCUT2D eigenvalue weighted by Gasteiger charge is 2.14. The molecule has 7 aromatic rings. The van der Waals surface area contributed by atoms with Crippen molar-refractivity contribution in [2.24, 2.45) is 0 Å². The number of aryl methyl sites for hydroxylation is 2.